The Morgan fingerprint density at radius 1 is 1.18 bits per heavy atom. The van der Waals surface area contributed by atoms with E-state index in [0.717, 1.165) is 25.3 Å². The highest BCUT2D eigenvalue weighted by Gasteiger charge is 2.32. The Balaban J connectivity index is 2.76. The third-order valence-corrected chi connectivity index (χ3v) is 5.62. The van der Waals surface area contributed by atoms with Crippen molar-refractivity contribution in [1.82, 2.24) is 25.4 Å². The van der Waals surface area contributed by atoms with E-state index in [2.05, 4.69) is 45.5 Å². The number of aromatic nitrogens is 1. The highest BCUT2D eigenvalue weighted by Crippen LogP contribution is 2.17. The van der Waals surface area contributed by atoms with Crippen LogP contribution in [0.15, 0.2) is 42.9 Å². The van der Waals surface area contributed by atoms with Crippen LogP contribution in [0.2, 0.25) is 0 Å². The number of hydrogen-bond acceptors (Lipinski definition) is 8. The van der Waals surface area contributed by atoms with Crippen molar-refractivity contribution in [2.75, 3.05) is 46.8 Å². The lowest BCUT2D eigenvalue weighted by molar-refractivity contribution is -0.143. The maximum absolute atomic E-state index is 13.2. The molecule has 0 bridgehead atoms. The number of ether oxygens (including phenoxy) is 2. The van der Waals surface area contributed by atoms with Crippen LogP contribution in [0.4, 0.5) is 8.78 Å². The van der Waals surface area contributed by atoms with Crippen LogP contribution in [0, 0.1) is 0 Å². The topological polar surface area (TPSA) is 96.0 Å². The van der Waals surface area contributed by atoms with Crippen LogP contribution in [0.25, 0.3) is 0 Å². The lowest BCUT2D eigenvalue weighted by atomic mass is 10.1. The lowest BCUT2D eigenvalue weighted by Gasteiger charge is -2.27. The minimum atomic E-state index is -3.49. The first-order chi connectivity index (χ1) is 18.2. The van der Waals surface area contributed by atoms with E-state index in [1.807, 2.05) is 27.9 Å². The summed E-state index contributed by atoms with van der Waals surface area (Å²) in [6.45, 7) is 17.8. The first-order valence-electron chi connectivity index (χ1n) is 13.2. The van der Waals surface area contributed by atoms with Crippen molar-refractivity contribution in [3.63, 3.8) is 0 Å². The molecule has 1 rings (SSSR count). The normalized spacial score (nSPS) is 12.3. The van der Waals surface area contributed by atoms with Crippen LogP contribution in [0.3, 0.4) is 0 Å². The maximum Gasteiger partial charge on any atom is 0.338 e. The summed E-state index contributed by atoms with van der Waals surface area (Å²) in [5.74, 6) is -5.09. The highest BCUT2D eigenvalue weighted by molar-refractivity contribution is 5.89. The molecule has 1 atom stereocenters. The molecule has 0 spiro atoms. The van der Waals surface area contributed by atoms with Gasteiger partial charge in [-0.25, -0.2) is 4.79 Å². The van der Waals surface area contributed by atoms with E-state index in [1.165, 1.54) is 6.20 Å². The van der Waals surface area contributed by atoms with E-state index in [0.29, 0.717) is 37.0 Å². The van der Waals surface area contributed by atoms with Crippen molar-refractivity contribution in [1.29, 1.82) is 0 Å². The molecule has 1 aromatic rings. The van der Waals surface area contributed by atoms with E-state index < -0.39 is 23.9 Å². The predicted octanol–water partition coefficient (Wildman–Crippen LogP) is 3.58. The second-order valence-electron chi connectivity index (χ2n) is 9.96. The number of rotatable bonds is 19. The molecule has 220 valence electrons. The number of carbonyl (C=O) groups excluding carboxylic acids is 2. The molecule has 1 amide bonds. The van der Waals surface area contributed by atoms with Crippen molar-refractivity contribution >= 4 is 11.9 Å². The Bertz CT molecular complexity index is 950. The number of pyridine rings is 1. The third-order valence-electron chi connectivity index (χ3n) is 5.62. The minimum absolute atomic E-state index is 0.103. The molecule has 0 aliphatic rings. The van der Waals surface area contributed by atoms with Gasteiger partial charge in [0.2, 0.25) is 0 Å². The Morgan fingerprint density at radius 3 is 2.46 bits per heavy atom. The Kier molecular flexibility index (Phi) is 14.6. The number of halogens is 2. The van der Waals surface area contributed by atoms with Crippen LogP contribution in [0.5, 0.6) is 0 Å². The third kappa shape index (κ3) is 14.1. The van der Waals surface area contributed by atoms with Gasteiger partial charge in [-0.1, -0.05) is 13.2 Å². The number of amides is 1. The van der Waals surface area contributed by atoms with Crippen molar-refractivity contribution in [2.45, 2.75) is 65.2 Å². The number of nitrogens with one attached hydrogen (secondary N) is 2. The molecule has 11 heteroatoms. The van der Waals surface area contributed by atoms with Crippen LogP contribution < -0.4 is 10.6 Å². The maximum atomic E-state index is 13.2. The van der Waals surface area contributed by atoms with Crippen LogP contribution in [-0.2, 0) is 20.8 Å². The molecule has 1 heterocycles. The minimum Gasteiger partial charge on any atom is -0.496 e. The Hall–Kier alpha value is -3.05. The monoisotopic (exact) mass is 553 g/mol. The molecule has 0 aromatic carbocycles. The van der Waals surface area contributed by atoms with Gasteiger partial charge in [0, 0.05) is 70.9 Å². The molecule has 0 aliphatic heterocycles. The second kappa shape index (κ2) is 16.8. The second-order valence-corrected chi connectivity index (χ2v) is 9.96. The summed E-state index contributed by atoms with van der Waals surface area (Å²) >= 11 is 0. The molecule has 1 aromatic heterocycles. The van der Waals surface area contributed by atoms with Gasteiger partial charge >= 0.3 is 11.9 Å². The fourth-order valence-corrected chi connectivity index (χ4v) is 3.57. The summed E-state index contributed by atoms with van der Waals surface area (Å²) in [6, 6.07) is 3.18. The van der Waals surface area contributed by atoms with Crippen molar-refractivity contribution in [3.05, 3.63) is 54.2 Å². The Morgan fingerprint density at radius 2 is 1.87 bits per heavy atom. The summed E-state index contributed by atoms with van der Waals surface area (Å²) in [7, 11) is 4.06. The molecule has 0 saturated heterocycles. The van der Waals surface area contributed by atoms with Crippen LogP contribution in [0.1, 0.15) is 56.6 Å². The summed E-state index contributed by atoms with van der Waals surface area (Å²) in [6.07, 6.45) is 0.922. The zero-order valence-electron chi connectivity index (χ0n) is 24.2. The van der Waals surface area contributed by atoms with Crippen molar-refractivity contribution < 1.29 is 27.8 Å². The zero-order chi connectivity index (χ0) is 29.6. The van der Waals surface area contributed by atoms with Crippen molar-refractivity contribution in [3.8, 4) is 0 Å². The Labute approximate surface area is 231 Å². The summed E-state index contributed by atoms with van der Waals surface area (Å²) in [5.41, 5.74) is 1.91. The van der Waals surface area contributed by atoms with E-state index >= 15 is 0 Å². The molecule has 0 fully saturated rings. The van der Waals surface area contributed by atoms with E-state index in [9.17, 15) is 18.4 Å². The van der Waals surface area contributed by atoms with Gasteiger partial charge in [-0.05, 0) is 47.0 Å². The predicted molar refractivity (Wildman–Crippen MR) is 148 cm³/mol. The van der Waals surface area contributed by atoms with Crippen LogP contribution in [-0.4, -0.2) is 91.6 Å². The van der Waals surface area contributed by atoms with Gasteiger partial charge in [-0.2, -0.15) is 8.78 Å². The van der Waals surface area contributed by atoms with Gasteiger partial charge in [0.15, 0.2) is 0 Å². The van der Waals surface area contributed by atoms with Gasteiger partial charge < -0.3 is 29.9 Å². The van der Waals surface area contributed by atoms with Gasteiger partial charge in [-0.3, -0.25) is 9.78 Å². The molecule has 0 aliphatic carbocycles. The smallest absolute Gasteiger partial charge is 0.338 e. The molecular weight excluding hydrogens is 508 g/mol. The number of nitrogens with zero attached hydrogens (tertiary/aromatic N) is 3. The molecule has 2 N–H and O–H groups in total. The number of carbonyl (C=O) groups is 2. The van der Waals surface area contributed by atoms with E-state index in [1.54, 1.807) is 12.1 Å². The number of hydrogen-bond donors (Lipinski definition) is 2. The standard InChI is InChI=1S/C28H45F2N5O4/c1-9-35(15-14-34(7)8)21(4)18-31-19-24-17-23(10-12-32-24)26(36)39-25(16-22(5)38-20(2)3)11-13-33-27(37)28(6,29)30/h10,12,17,20,25,31H,4-5,9,11,13-16,18-19H2,1-3,6-8H3,(H,33,37). The van der Waals surface area contributed by atoms with Gasteiger partial charge in [0.05, 0.1) is 23.1 Å². The lowest BCUT2D eigenvalue weighted by Crippen LogP contribution is -2.39. The summed E-state index contributed by atoms with van der Waals surface area (Å²) in [5, 5.41) is 5.47. The molecule has 0 radical (unpaired) electrons. The average Bonchev–Trinajstić information content (AvgIpc) is 2.83. The van der Waals surface area contributed by atoms with Gasteiger partial charge in [-0.15, -0.1) is 0 Å². The first-order valence-corrected chi connectivity index (χ1v) is 13.2. The van der Waals surface area contributed by atoms with Gasteiger partial charge in [0.1, 0.15) is 6.10 Å². The number of likely N-dealkylation sites (N-methyl/N-ethyl adjacent to an activating group) is 2. The molecule has 9 nitrogen and oxygen atoms in total. The van der Waals surface area contributed by atoms with E-state index in [4.69, 9.17) is 9.47 Å². The van der Waals surface area contributed by atoms with Crippen LogP contribution >= 0.6 is 0 Å². The largest absolute Gasteiger partial charge is 0.496 e. The molecular formula is C28H45F2N5O4. The number of esters is 1. The molecule has 1 unspecified atom stereocenters. The fourth-order valence-electron chi connectivity index (χ4n) is 3.57. The summed E-state index contributed by atoms with van der Waals surface area (Å²) < 4.78 is 37.5. The molecule has 0 saturated carbocycles. The summed E-state index contributed by atoms with van der Waals surface area (Å²) in [4.78, 5) is 33.1. The highest BCUT2D eigenvalue weighted by atomic mass is 19.3. The zero-order valence-corrected chi connectivity index (χ0v) is 24.2. The van der Waals surface area contributed by atoms with E-state index in [-0.39, 0.29) is 25.5 Å². The van der Waals surface area contributed by atoms with Gasteiger partial charge in [0.25, 0.3) is 5.91 Å². The van der Waals surface area contributed by atoms with Crippen molar-refractivity contribution in [2.24, 2.45) is 0 Å². The SMILES string of the molecule is C=C(CC(CCNC(=O)C(C)(F)F)OC(=O)c1ccnc(CNCC(=C)N(CC)CCN(C)C)c1)OC(C)C. The fraction of sp³-hybridized carbons (Fsp3) is 0.607. The molecule has 39 heavy (non-hydrogen) atoms. The number of alkyl halides is 2. The first kappa shape index (κ1) is 34.0. The quantitative estimate of drug-likeness (QED) is 0.198. The average molecular weight is 554 g/mol.